The summed E-state index contributed by atoms with van der Waals surface area (Å²) in [5, 5.41) is 17.9. The first-order valence-electron chi connectivity index (χ1n) is 6.00. The first-order chi connectivity index (χ1) is 9.60. The maximum Gasteiger partial charge on any atom is 0.309 e. The number of carbonyl (C=O) groups is 1. The highest BCUT2D eigenvalue weighted by Gasteiger charge is 2.11. The van der Waals surface area contributed by atoms with Gasteiger partial charge in [0.1, 0.15) is 5.82 Å². The lowest BCUT2D eigenvalue weighted by molar-refractivity contribution is -0.570. The van der Waals surface area contributed by atoms with E-state index < -0.39 is 5.97 Å². The van der Waals surface area contributed by atoms with Gasteiger partial charge in [-0.3, -0.25) is 14.9 Å². The largest absolute Gasteiger partial charge is 0.481 e. The Morgan fingerprint density at radius 1 is 1.60 bits per heavy atom. The number of aromatic nitrogens is 3. The van der Waals surface area contributed by atoms with Crippen molar-refractivity contribution in [2.24, 2.45) is 5.73 Å². The molecule has 0 radical (unpaired) electrons. The Morgan fingerprint density at radius 3 is 3.10 bits per heavy atom. The second-order valence-electron chi connectivity index (χ2n) is 3.97. The molecule has 108 valence electrons. The van der Waals surface area contributed by atoms with Crippen molar-refractivity contribution in [1.82, 2.24) is 14.6 Å². The molecule has 0 saturated heterocycles. The van der Waals surface area contributed by atoms with Crippen LogP contribution in [0.15, 0.2) is 10.9 Å². The molecule has 0 fully saturated rings. The van der Waals surface area contributed by atoms with Crippen LogP contribution >= 0.6 is 11.3 Å². The molecule has 0 amide bonds. The summed E-state index contributed by atoms with van der Waals surface area (Å²) < 4.78 is 1.20. The maximum atomic E-state index is 11.8. The molecule has 0 bridgehead atoms. The van der Waals surface area contributed by atoms with Crippen molar-refractivity contribution in [1.29, 1.82) is 0 Å². The topological polar surface area (TPSA) is 139 Å². The normalized spacial score (nSPS) is 10.8. The highest BCUT2D eigenvalue weighted by Crippen LogP contribution is 2.13. The molecule has 0 aliphatic rings. The minimum absolute atomic E-state index is 0.0293. The summed E-state index contributed by atoms with van der Waals surface area (Å²) >= 11 is 1.23. The number of nitrogens with zero attached hydrogens (tertiary/aromatic N) is 3. The monoisotopic (exact) mass is 299 g/mol. The van der Waals surface area contributed by atoms with Gasteiger partial charge in [0.25, 0.3) is 5.56 Å². The van der Waals surface area contributed by atoms with Gasteiger partial charge in [-0.25, -0.2) is 4.98 Å². The fourth-order valence-corrected chi connectivity index (χ4v) is 2.39. The van der Waals surface area contributed by atoms with Crippen LogP contribution in [0.1, 0.15) is 6.42 Å². The lowest BCUT2D eigenvalue weighted by Crippen LogP contribution is -2.78. The number of anilines is 1. The van der Waals surface area contributed by atoms with Crippen molar-refractivity contribution in [2.75, 3.05) is 25.0 Å². The quantitative estimate of drug-likeness (QED) is 0.472. The van der Waals surface area contributed by atoms with Crippen LogP contribution in [0.25, 0.3) is 4.96 Å². The molecule has 9 nitrogen and oxygen atoms in total. The summed E-state index contributed by atoms with van der Waals surface area (Å²) in [7, 11) is 0. The molecule has 0 spiro atoms. The lowest BCUT2D eigenvalue weighted by Gasteiger charge is -2.01. The molecular weight excluding hydrogens is 284 g/mol. The molecule has 6 N–H and O–H groups in total. The molecule has 2 aromatic rings. The Morgan fingerprint density at radius 2 is 2.40 bits per heavy atom. The zero-order valence-electron chi connectivity index (χ0n) is 10.6. The number of nitrogens with two attached hydrogens (primary N) is 2. The molecule has 2 heterocycles. The third kappa shape index (κ3) is 3.50. The summed E-state index contributed by atoms with van der Waals surface area (Å²) in [5.74, 6) is -0.410. The minimum atomic E-state index is -0.870. The van der Waals surface area contributed by atoms with Gasteiger partial charge in [-0.2, -0.15) is 4.52 Å². The second-order valence-corrected chi connectivity index (χ2v) is 4.95. The third-order valence-electron chi connectivity index (χ3n) is 2.39. The SMILES string of the molecule is NCCNc1cc(=O)n2nc([NH2+]CCC(=O)O)sc2n1. The highest BCUT2D eigenvalue weighted by molar-refractivity contribution is 7.19. The average molecular weight is 299 g/mol. The number of nitrogens with one attached hydrogen (secondary N) is 1. The number of fused-ring (bicyclic) bond motifs is 1. The van der Waals surface area contributed by atoms with Gasteiger partial charge in [-0.15, -0.1) is 0 Å². The van der Waals surface area contributed by atoms with Crippen LogP contribution in [-0.2, 0) is 4.79 Å². The molecule has 0 atom stereocenters. The second kappa shape index (κ2) is 6.41. The van der Waals surface area contributed by atoms with E-state index in [1.54, 1.807) is 5.32 Å². The number of hydrogen-bond acceptors (Lipinski definition) is 7. The van der Waals surface area contributed by atoms with E-state index in [0.29, 0.717) is 35.5 Å². The zero-order valence-corrected chi connectivity index (χ0v) is 11.4. The van der Waals surface area contributed by atoms with E-state index in [4.69, 9.17) is 10.8 Å². The van der Waals surface area contributed by atoms with E-state index in [1.165, 1.54) is 21.9 Å². The molecule has 2 rings (SSSR count). The summed E-state index contributed by atoms with van der Waals surface area (Å²) in [4.78, 5) is 27.0. The van der Waals surface area contributed by atoms with Crippen LogP contribution in [-0.4, -0.2) is 45.3 Å². The van der Waals surface area contributed by atoms with Crippen LogP contribution in [0.4, 0.5) is 10.9 Å². The Balaban J connectivity index is 2.17. The number of carboxylic acids is 1. The number of carboxylic acid groups (broad SMARTS) is 1. The van der Waals surface area contributed by atoms with E-state index >= 15 is 0 Å². The summed E-state index contributed by atoms with van der Waals surface area (Å²) in [6.07, 6.45) is 0.0293. The van der Waals surface area contributed by atoms with Gasteiger partial charge in [0.2, 0.25) is 4.96 Å². The fraction of sp³-hybridized carbons (Fsp3) is 0.400. The standard InChI is InChI=1S/C10H14N6O3S/c11-2-4-12-6-5-7(17)16-10(14-6)20-9(15-16)13-3-1-8(18)19/h5,12H,1-4,11H2,(H,13,15)(H,18,19)/p+1. The van der Waals surface area contributed by atoms with Crippen molar-refractivity contribution >= 4 is 33.2 Å². The predicted octanol–water partition coefficient (Wildman–Crippen LogP) is -1.81. The van der Waals surface area contributed by atoms with Gasteiger partial charge in [0, 0.05) is 19.2 Å². The molecule has 10 heteroatoms. The molecule has 0 aliphatic heterocycles. The van der Waals surface area contributed by atoms with Crippen molar-refractivity contribution < 1.29 is 15.2 Å². The van der Waals surface area contributed by atoms with Crippen LogP contribution < -0.4 is 21.9 Å². The van der Waals surface area contributed by atoms with Gasteiger partial charge in [-0.05, 0) is 11.3 Å². The molecule has 0 unspecified atom stereocenters. The Labute approximate surface area is 117 Å². The Kier molecular flexibility index (Phi) is 4.61. The van der Waals surface area contributed by atoms with Crippen molar-refractivity contribution in [2.45, 2.75) is 6.42 Å². The zero-order chi connectivity index (χ0) is 14.5. The van der Waals surface area contributed by atoms with E-state index in [-0.39, 0.29) is 12.0 Å². The molecule has 2 aromatic heterocycles. The van der Waals surface area contributed by atoms with Crippen molar-refractivity contribution in [3.63, 3.8) is 0 Å². The number of rotatable bonds is 7. The molecular formula is C10H15N6O3S+. The highest BCUT2D eigenvalue weighted by atomic mass is 32.1. The third-order valence-corrected chi connectivity index (χ3v) is 3.29. The Bertz CT molecular complexity index is 667. The fourth-order valence-electron chi connectivity index (χ4n) is 1.52. The van der Waals surface area contributed by atoms with Crippen molar-refractivity contribution in [3.8, 4) is 0 Å². The number of aliphatic carboxylic acids is 1. The summed E-state index contributed by atoms with van der Waals surface area (Å²) in [6, 6.07) is 1.35. The van der Waals surface area contributed by atoms with E-state index in [9.17, 15) is 9.59 Å². The van der Waals surface area contributed by atoms with E-state index in [1.807, 2.05) is 0 Å². The molecule has 0 aromatic carbocycles. The number of quaternary nitrogens is 1. The maximum absolute atomic E-state index is 11.8. The molecule has 0 aliphatic carbocycles. The Hall–Kier alpha value is -2.04. The van der Waals surface area contributed by atoms with Crippen LogP contribution in [0.3, 0.4) is 0 Å². The minimum Gasteiger partial charge on any atom is -0.481 e. The van der Waals surface area contributed by atoms with E-state index in [0.717, 1.165) is 0 Å². The van der Waals surface area contributed by atoms with Crippen LogP contribution in [0.5, 0.6) is 0 Å². The molecule has 0 saturated carbocycles. The average Bonchev–Trinajstić information content (AvgIpc) is 2.79. The van der Waals surface area contributed by atoms with Gasteiger partial charge in [-0.1, -0.05) is 5.10 Å². The van der Waals surface area contributed by atoms with E-state index in [2.05, 4.69) is 15.4 Å². The van der Waals surface area contributed by atoms with Gasteiger partial charge >= 0.3 is 11.1 Å². The summed E-state index contributed by atoms with van der Waals surface area (Å²) in [6.45, 7) is 1.33. The lowest BCUT2D eigenvalue weighted by atomic mass is 10.4. The van der Waals surface area contributed by atoms with Gasteiger partial charge in [0.05, 0.1) is 13.0 Å². The smallest absolute Gasteiger partial charge is 0.309 e. The number of hydrogen-bond donors (Lipinski definition) is 4. The van der Waals surface area contributed by atoms with Gasteiger partial charge in [0.15, 0.2) is 0 Å². The first-order valence-corrected chi connectivity index (χ1v) is 6.81. The first kappa shape index (κ1) is 14.4. The summed E-state index contributed by atoms with van der Waals surface area (Å²) in [5.41, 5.74) is 5.09. The van der Waals surface area contributed by atoms with Gasteiger partial charge < -0.3 is 16.2 Å². The van der Waals surface area contributed by atoms with Crippen molar-refractivity contribution in [3.05, 3.63) is 16.4 Å². The van der Waals surface area contributed by atoms with Crippen LogP contribution in [0, 0.1) is 0 Å². The molecule has 20 heavy (non-hydrogen) atoms. The van der Waals surface area contributed by atoms with Crippen LogP contribution in [0.2, 0.25) is 0 Å². The predicted molar refractivity (Wildman–Crippen MR) is 73.4 cm³/mol.